The number of benzene rings is 1. The monoisotopic (exact) mass is 330 g/mol. The Balaban J connectivity index is 1.56. The van der Waals surface area contributed by atoms with Crippen LogP contribution in [-0.4, -0.2) is 53.2 Å². The SMILES string of the molecule is CCc1nc(CN2CCN(C(C)c3ccccc3OC)CC2)no1. The highest BCUT2D eigenvalue weighted by atomic mass is 16.5. The second kappa shape index (κ2) is 7.77. The van der Waals surface area contributed by atoms with Crippen molar-refractivity contribution in [2.24, 2.45) is 0 Å². The van der Waals surface area contributed by atoms with Gasteiger partial charge in [-0.05, 0) is 13.0 Å². The van der Waals surface area contributed by atoms with E-state index >= 15 is 0 Å². The maximum absolute atomic E-state index is 5.51. The van der Waals surface area contributed by atoms with Crippen LogP contribution in [0.2, 0.25) is 0 Å². The molecule has 1 fully saturated rings. The summed E-state index contributed by atoms with van der Waals surface area (Å²) in [5, 5.41) is 4.05. The van der Waals surface area contributed by atoms with E-state index in [1.54, 1.807) is 7.11 Å². The van der Waals surface area contributed by atoms with Crippen LogP contribution in [0.1, 0.15) is 37.2 Å². The van der Waals surface area contributed by atoms with Gasteiger partial charge in [-0.3, -0.25) is 9.80 Å². The number of hydrogen-bond donors (Lipinski definition) is 0. The molecule has 0 spiro atoms. The predicted octanol–water partition coefficient (Wildman–Crippen LogP) is 2.52. The smallest absolute Gasteiger partial charge is 0.226 e. The van der Waals surface area contributed by atoms with Crippen molar-refractivity contribution in [1.82, 2.24) is 19.9 Å². The summed E-state index contributed by atoms with van der Waals surface area (Å²) in [6.07, 6.45) is 0.789. The molecular formula is C18H26N4O2. The zero-order valence-corrected chi connectivity index (χ0v) is 14.7. The molecule has 2 heterocycles. The lowest BCUT2D eigenvalue weighted by atomic mass is 10.0. The summed E-state index contributed by atoms with van der Waals surface area (Å²) in [6.45, 7) is 9.11. The molecule has 1 aromatic carbocycles. The number of nitrogens with zero attached hydrogens (tertiary/aromatic N) is 4. The number of rotatable bonds is 6. The highest BCUT2D eigenvalue weighted by Crippen LogP contribution is 2.29. The van der Waals surface area contributed by atoms with Crippen molar-refractivity contribution in [3.63, 3.8) is 0 Å². The number of methoxy groups -OCH3 is 1. The Bertz CT molecular complexity index is 650. The minimum atomic E-state index is 0.347. The molecule has 0 radical (unpaired) electrons. The van der Waals surface area contributed by atoms with E-state index < -0.39 is 0 Å². The van der Waals surface area contributed by atoms with Crippen molar-refractivity contribution < 1.29 is 9.26 Å². The molecule has 0 aliphatic carbocycles. The number of hydrogen-bond acceptors (Lipinski definition) is 6. The zero-order chi connectivity index (χ0) is 16.9. The third-order valence-electron chi connectivity index (χ3n) is 4.72. The van der Waals surface area contributed by atoms with Gasteiger partial charge in [0.1, 0.15) is 5.75 Å². The standard InChI is InChI=1S/C18H26N4O2/c1-4-18-19-17(20-24-18)13-21-9-11-22(12-10-21)14(2)15-7-5-6-8-16(15)23-3/h5-8,14H,4,9-13H2,1-3H3. The first kappa shape index (κ1) is 16.9. The molecule has 6 nitrogen and oxygen atoms in total. The highest BCUT2D eigenvalue weighted by molar-refractivity contribution is 5.35. The lowest BCUT2D eigenvalue weighted by molar-refractivity contribution is 0.0947. The fraction of sp³-hybridized carbons (Fsp3) is 0.556. The van der Waals surface area contributed by atoms with Crippen molar-refractivity contribution in [2.45, 2.75) is 32.9 Å². The summed E-state index contributed by atoms with van der Waals surface area (Å²) < 4.78 is 10.7. The van der Waals surface area contributed by atoms with Gasteiger partial charge in [0.2, 0.25) is 5.89 Å². The maximum atomic E-state index is 5.51. The highest BCUT2D eigenvalue weighted by Gasteiger charge is 2.24. The summed E-state index contributed by atoms with van der Waals surface area (Å²) in [5.41, 5.74) is 1.25. The Labute approximate surface area is 143 Å². The molecule has 24 heavy (non-hydrogen) atoms. The second-order valence-corrected chi connectivity index (χ2v) is 6.19. The Hall–Kier alpha value is -1.92. The van der Waals surface area contributed by atoms with E-state index in [1.165, 1.54) is 5.56 Å². The molecule has 1 aliphatic rings. The minimum Gasteiger partial charge on any atom is -0.496 e. The van der Waals surface area contributed by atoms with E-state index in [4.69, 9.17) is 9.26 Å². The van der Waals surface area contributed by atoms with Crippen LogP contribution in [-0.2, 0) is 13.0 Å². The molecule has 0 amide bonds. The number of ether oxygens (including phenoxy) is 1. The van der Waals surface area contributed by atoms with E-state index in [2.05, 4.69) is 39.0 Å². The molecular weight excluding hydrogens is 304 g/mol. The van der Waals surface area contributed by atoms with Crippen molar-refractivity contribution >= 4 is 0 Å². The summed E-state index contributed by atoms with van der Waals surface area (Å²) in [6, 6.07) is 8.62. The third kappa shape index (κ3) is 3.76. The van der Waals surface area contributed by atoms with Crippen molar-refractivity contribution in [1.29, 1.82) is 0 Å². The van der Waals surface area contributed by atoms with Gasteiger partial charge < -0.3 is 9.26 Å². The summed E-state index contributed by atoms with van der Waals surface area (Å²) in [4.78, 5) is 9.28. The lowest BCUT2D eigenvalue weighted by Crippen LogP contribution is -2.46. The fourth-order valence-corrected chi connectivity index (χ4v) is 3.21. The van der Waals surface area contributed by atoms with Crippen LogP contribution >= 0.6 is 0 Å². The maximum Gasteiger partial charge on any atom is 0.226 e. The summed E-state index contributed by atoms with van der Waals surface area (Å²) >= 11 is 0. The second-order valence-electron chi connectivity index (χ2n) is 6.19. The molecule has 1 aliphatic heterocycles. The van der Waals surface area contributed by atoms with Gasteiger partial charge in [-0.2, -0.15) is 4.98 Å². The molecule has 1 aromatic heterocycles. The first-order chi connectivity index (χ1) is 11.7. The zero-order valence-electron chi connectivity index (χ0n) is 14.7. The topological polar surface area (TPSA) is 54.6 Å². The molecule has 1 unspecified atom stereocenters. The Kier molecular flexibility index (Phi) is 5.48. The van der Waals surface area contributed by atoms with Crippen molar-refractivity contribution in [3.8, 4) is 5.75 Å². The van der Waals surface area contributed by atoms with E-state index in [-0.39, 0.29) is 0 Å². The molecule has 1 atom stereocenters. The van der Waals surface area contributed by atoms with Crippen LogP contribution in [0.4, 0.5) is 0 Å². The van der Waals surface area contributed by atoms with Gasteiger partial charge in [-0.25, -0.2) is 0 Å². The average molecular weight is 330 g/mol. The first-order valence-corrected chi connectivity index (χ1v) is 8.62. The molecule has 6 heteroatoms. The van der Waals surface area contributed by atoms with Crippen LogP contribution in [0.5, 0.6) is 5.75 Å². The average Bonchev–Trinajstić information content (AvgIpc) is 3.09. The molecule has 0 N–H and O–H groups in total. The molecule has 2 aromatic rings. The van der Waals surface area contributed by atoms with Crippen LogP contribution in [0.15, 0.2) is 28.8 Å². The Morgan fingerprint density at radius 1 is 1.21 bits per heavy atom. The van der Waals surface area contributed by atoms with Gasteiger partial charge in [-0.1, -0.05) is 30.3 Å². The quantitative estimate of drug-likeness (QED) is 0.811. The lowest BCUT2D eigenvalue weighted by Gasteiger charge is -2.38. The van der Waals surface area contributed by atoms with Gasteiger partial charge in [-0.15, -0.1) is 0 Å². The molecule has 0 bridgehead atoms. The predicted molar refractivity (Wildman–Crippen MR) is 91.9 cm³/mol. The van der Waals surface area contributed by atoms with Gasteiger partial charge >= 0.3 is 0 Å². The number of piperazine rings is 1. The summed E-state index contributed by atoms with van der Waals surface area (Å²) in [7, 11) is 1.74. The van der Waals surface area contributed by atoms with Crippen LogP contribution in [0.3, 0.4) is 0 Å². The molecule has 3 rings (SSSR count). The van der Waals surface area contributed by atoms with Gasteiger partial charge in [0.25, 0.3) is 0 Å². The van der Waals surface area contributed by atoms with Crippen LogP contribution in [0, 0.1) is 0 Å². The Morgan fingerprint density at radius 3 is 2.62 bits per heavy atom. The number of para-hydroxylation sites is 1. The minimum absolute atomic E-state index is 0.347. The largest absolute Gasteiger partial charge is 0.496 e. The number of aryl methyl sites for hydroxylation is 1. The van der Waals surface area contributed by atoms with E-state index in [1.807, 2.05) is 19.1 Å². The normalized spacial score (nSPS) is 17.8. The van der Waals surface area contributed by atoms with Gasteiger partial charge in [0.15, 0.2) is 5.82 Å². The Morgan fingerprint density at radius 2 is 1.96 bits per heavy atom. The van der Waals surface area contributed by atoms with Crippen LogP contribution < -0.4 is 4.74 Å². The van der Waals surface area contributed by atoms with Crippen molar-refractivity contribution in [2.75, 3.05) is 33.3 Å². The van der Waals surface area contributed by atoms with E-state index in [0.29, 0.717) is 11.9 Å². The number of aromatic nitrogens is 2. The third-order valence-corrected chi connectivity index (χ3v) is 4.72. The fourth-order valence-electron chi connectivity index (χ4n) is 3.21. The van der Waals surface area contributed by atoms with E-state index in [9.17, 15) is 0 Å². The van der Waals surface area contributed by atoms with Gasteiger partial charge in [0, 0.05) is 44.2 Å². The summed E-state index contributed by atoms with van der Waals surface area (Å²) in [5.74, 6) is 2.47. The first-order valence-electron chi connectivity index (χ1n) is 8.62. The van der Waals surface area contributed by atoms with Gasteiger partial charge in [0.05, 0.1) is 13.7 Å². The van der Waals surface area contributed by atoms with E-state index in [0.717, 1.165) is 50.7 Å². The molecule has 0 saturated carbocycles. The van der Waals surface area contributed by atoms with Crippen LogP contribution in [0.25, 0.3) is 0 Å². The molecule has 130 valence electrons. The molecule has 1 saturated heterocycles. The van der Waals surface area contributed by atoms with Crippen molar-refractivity contribution in [3.05, 3.63) is 41.5 Å².